The van der Waals surface area contributed by atoms with E-state index in [2.05, 4.69) is 15.3 Å². The molecule has 0 aliphatic rings. The second kappa shape index (κ2) is 5.79. The molecule has 0 saturated heterocycles. The van der Waals surface area contributed by atoms with Crippen LogP contribution in [-0.4, -0.2) is 21.1 Å². The van der Waals surface area contributed by atoms with Gasteiger partial charge >= 0.3 is 0 Å². The summed E-state index contributed by atoms with van der Waals surface area (Å²) in [5, 5.41) is 4.50. The van der Waals surface area contributed by atoms with Crippen molar-refractivity contribution < 1.29 is 4.79 Å². The lowest BCUT2D eigenvalue weighted by Gasteiger charge is -2.09. The highest BCUT2D eigenvalue weighted by atomic mass is 32.2. The smallest absolute Gasteiger partial charge is 0.239 e. The first-order valence-corrected chi connectivity index (χ1v) is 6.79. The number of carbonyl (C=O) groups excluding carboxylic acids is 1. The molecule has 0 fully saturated rings. The third-order valence-corrected chi connectivity index (χ3v) is 4.13. The Labute approximate surface area is 107 Å². The van der Waals surface area contributed by atoms with E-state index in [0.717, 1.165) is 4.21 Å². The Morgan fingerprint density at radius 3 is 2.82 bits per heavy atom. The Kier molecular flexibility index (Phi) is 4.11. The van der Waals surface area contributed by atoms with E-state index in [1.165, 1.54) is 11.8 Å². The largest absolute Gasteiger partial charge is 0.294 e. The summed E-state index contributed by atoms with van der Waals surface area (Å²) in [6.45, 7) is 1.86. The van der Waals surface area contributed by atoms with Crippen LogP contribution in [0, 0.1) is 0 Å². The summed E-state index contributed by atoms with van der Waals surface area (Å²) in [6, 6.07) is 5.68. The van der Waals surface area contributed by atoms with Crippen molar-refractivity contribution in [2.45, 2.75) is 16.4 Å². The monoisotopic (exact) mass is 265 g/mol. The molecule has 0 aliphatic heterocycles. The minimum Gasteiger partial charge on any atom is -0.294 e. The van der Waals surface area contributed by atoms with E-state index >= 15 is 0 Å². The van der Waals surface area contributed by atoms with Crippen LogP contribution < -0.4 is 5.32 Å². The highest BCUT2D eigenvalue weighted by molar-refractivity contribution is 8.02. The molecule has 0 radical (unpaired) electrons. The summed E-state index contributed by atoms with van der Waals surface area (Å²) in [7, 11) is 0. The predicted octanol–water partition coefficient (Wildman–Crippen LogP) is 2.66. The number of hydrogen-bond donors (Lipinski definition) is 1. The lowest BCUT2D eigenvalue weighted by atomic mass is 10.4. The van der Waals surface area contributed by atoms with Crippen LogP contribution in [0.25, 0.3) is 0 Å². The maximum absolute atomic E-state index is 11.8. The molecule has 2 aromatic heterocycles. The van der Waals surface area contributed by atoms with E-state index in [-0.39, 0.29) is 11.2 Å². The first kappa shape index (κ1) is 12.1. The quantitative estimate of drug-likeness (QED) is 0.863. The molecule has 2 aromatic rings. The highest BCUT2D eigenvalue weighted by Gasteiger charge is 2.15. The van der Waals surface area contributed by atoms with Crippen LogP contribution in [0.3, 0.4) is 0 Å². The van der Waals surface area contributed by atoms with Gasteiger partial charge in [-0.05, 0) is 24.4 Å². The number of amides is 1. The number of carbonyl (C=O) groups is 1. The molecule has 0 bridgehead atoms. The van der Waals surface area contributed by atoms with E-state index in [1.807, 2.05) is 24.4 Å². The SMILES string of the molecule is C[C@@H](Sc1cccs1)C(=O)Nc1ncccn1. The lowest BCUT2D eigenvalue weighted by Crippen LogP contribution is -2.23. The van der Waals surface area contributed by atoms with Gasteiger partial charge < -0.3 is 0 Å². The van der Waals surface area contributed by atoms with Crippen molar-refractivity contribution in [1.82, 2.24) is 9.97 Å². The molecule has 1 N–H and O–H groups in total. The Balaban J connectivity index is 1.92. The zero-order valence-electron chi connectivity index (χ0n) is 9.16. The van der Waals surface area contributed by atoms with E-state index in [9.17, 15) is 4.79 Å². The predicted molar refractivity (Wildman–Crippen MR) is 70.3 cm³/mol. The molecular formula is C11H11N3OS2. The Bertz CT molecular complexity index is 473. The molecule has 0 aliphatic carbocycles. The topological polar surface area (TPSA) is 54.9 Å². The van der Waals surface area contributed by atoms with Crippen molar-refractivity contribution >= 4 is 35.0 Å². The molecule has 17 heavy (non-hydrogen) atoms. The normalized spacial score (nSPS) is 12.1. The molecule has 2 heterocycles. The summed E-state index contributed by atoms with van der Waals surface area (Å²) in [6.07, 6.45) is 3.19. The number of thioether (sulfide) groups is 1. The van der Waals surface area contributed by atoms with Crippen LogP contribution in [0.1, 0.15) is 6.92 Å². The van der Waals surface area contributed by atoms with Gasteiger partial charge in [-0.1, -0.05) is 6.07 Å². The summed E-state index contributed by atoms with van der Waals surface area (Å²) >= 11 is 3.16. The zero-order chi connectivity index (χ0) is 12.1. The Morgan fingerprint density at radius 1 is 1.41 bits per heavy atom. The number of rotatable bonds is 4. The molecule has 6 heteroatoms. The molecule has 0 spiro atoms. The minimum atomic E-state index is -0.169. The fraction of sp³-hybridized carbons (Fsp3) is 0.182. The molecular weight excluding hydrogens is 254 g/mol. The van der Waals surface area contributed by atoms with Crippen molar-refractivity contribution in [2.24, 2.45) is 0 Å². The van der Waals surface area contributed by atoms with Crippen molar-refractivity contribution in [1.29, 1.82) is 0 Å². The highest BCUT2D eigenvalue weighted by Crippen LogP contribution is 2.27. The standard InChI is InChI=1S/C11H11N3OS2/c1-8(17-9-4-2-7-16-9)10(15)14-11-12-5-3-6-13-11/h2-8H,1H3,(H,12,13,14,15)/t8-/m1/s1. The van der Waals surface area contributed by atoms with Crippen LogP contribution in [0.5, 0.6) is 0 Å². The van der Waals surface area contributed by atoms with Gasteiger partial charge in [0.1, 0.15) is 0 Å². The van der Waals surface area contributed by atoms with Crippen LogP contribution >= 0.6 is 23.1 Å². The molecule has 1 amide bonds. The number of anilines is 1. The number of aromatic nitrogens is 2. The van der Waals surface area contributed by atoms with Gasteiger partial charge in [-0.3, -0.25) is 10.1 Å². The number of thiophene rings is 1. The Hall–Kier alpha value is -1.40. The van der Waals surface area contributed by atoms with Crippen LogP contribution in [0.15, 0.2) is 40.2 Å². The number of hydrogen-bond acceptors (Lipinski definition) is 5. The van der Waals surface area contributed by atoms with Gasteiger partial charge in [-0.25, -0.2) is 9.97 Å². The van der Waals surface area contributed by atoms with Gasteiger partial charge in [0.25, 0.3) is 0 Å². The second-order valence-electron chi connectivity index (χ2n) is 3.25. The fourth-order valence-electron chi connectivity index (χ4n) is 1.13. The molecule has 4 nitrogen and oxygen atoms in total. The first-order chi connectivity index (χ1) is 8.25. The zero-order valence-corrected chi connectivity index (χ0v) is 10.8. The van der Waals surface area contributed by atoms with E-state index in [0.29, 0.717) is 5.95 Å². The van der Waals surface area contributed by atoms with E-state index in [4.69, 9.17) is 0 Å². The van der Waals surface area contributed by atoms with E-state index < -0.39 is 0 Å². The van der Waals surface area contributed by atoms with Crippen LogP contribution in [0.2, 0.25) is 0 Å². The van der Waals surface area contributed by atoms with Gasteiger partial charge in [-0.2, -0.15) is 0 Å². The van der Waals surface area contributed by atoms with Gasteiger partial charge in [0.05, 0.1) is 9.46 Å². The average Bonchev–Trinajstić information content (AvgIpc) is 2.83. The molecule has 0 unspecified atom stereocenters. The van der Waals surface area contributed by atoms with Crippen LogP contribution in [0.4, 0.5) is 5.95 Å². The van der Waals surface area contributed by atoms with Gasteiger partial charge in [0.2, 0.25) is 11.9 Å². The lowest BCUT2D eigenvalue weighted by molar-refractivity contribution is -0.115. The van der Waals surface area contributed by atoms with Gasteiger partial charge in [0.15, 0.2) is 0 Å². The third-order valence-electron chi connectivity index (χ3n) is 1.96. The number of nitrogens with one attached hydrogen (secondary N) is 1. The Morgan fingerprint density at radius 2 is 2.18 bits per heavy atom. The molecule has 88 valence electrons. The molecule has 2 rings (SSSR count). The van der Waals surface area contributed by atoms with Crippen molar-refractivity contribution in [3.63, 3.8) is 0 Å². The van der Waals surface area contributed by atoms with Crippen molar-refractivity contribution in [3.8, 4) is 0 Å². The third kappa shape index (κ3) is 3.54. The summed E-state index contributed by atoms with van der Waals surface area (Å²) in [4.78, 5) is 19.7. The average molecular weight is 265 g/mol. The maximum Gasteiger partial charge on any atom is 0.239 e. The van der Waals surface area contributed by atoms with E-state index in [1.54, 1.807) is 29.8 Å². The van der Waals surface area contributed by atoms with Gasteiger partial charge in [0, 0.05) is 12.4 Å². The molecule has 1 atom stereocenters. The maximum atomic E-state index is 11.8. The van der Waals surface area contributed by atoms with Crippen molar-refractivity contribution in [2.75, 3.05) is 5.32 Å². The first-order valence-electron chi connectivity index (χ1n) is 5.04. The summed E-state index contributed by atoms with van der Waals surface area (Å²) < 4.78 is 1.13. The van der Waals surface area contributed by atoms with Crippen molar-refractivity contribution in [3.05, 3.63) is 36.0 Å². The molecule has 0 aromatic carbocycles. The minimum absolute atomic E-state index is 0.0883. The fourth-order valence-corrected chi connectivity index (χ4v) is 3.08. The molecule has 0 saturated carbocycles. The second-order valence-corrected chi connectivity index (χ2v) is 5.84. The van der Waals surface area contributed by atoms with Crippen LogP contribution in [-0.2, 0) is 4.79 Å². The summed E-state index contributed by atoms with van der Waals surface area (Å²) in [5.41, 5.74) is 0. The van der Waals surface area contributed by atoms with Gasteiger partial charge in [-0.15, -0.1) is 23.1 Å². The summed E-state index contributed by atoms with van der Waals surface area (Å²) in [5.74, 6) is 0.255. The number of nitrogens with zero attached hydrogens (tertiary/aromatic N) is 2.